The Morgan fingerprint density at radius 3 is 2.71 bits per heavy atom. The van der Waals surface area contributed by atoms with E-state index in [0.29, 0.717) is 24.6 Å². The summed E-state index contributed by atoms with van der Waals surface area (Å²) in [5, 5.41) is 8.03. The van der Waals surface area contributed by atoms with Crippen molar-refractivity contribution in [1.29, 1.82) is 0 Å². The quantitative estimate of drug-likeness (QED) is 0.836. The Bertz CT molecular complexity index is 700. The molecule has 0 aliphatic carbocycles. The van der Waals surface area contributed by atoms with Crippen LogP contribution >= 0.6 is 0 Å². The molecular weight excluding hydrogens is 308 g/mol. The van der Waals surface area contributed by atoms with Gasteiger partial charge in [0.1, 0.15) is 5.76 Å². The molecule has 0 spiro atoms. The highest BCUT2D eigenvalue weighted by Gasteiger charge is 2.33. The number of aryl methyl sites for hydroxylation is 2. The maximum Gasteiger partial charge on any atom is 0.229 e. The van der Waals surface area contributed by atoms with Crippen molar-refractivity contribution in [2.24, 2.45) is 0 Å². The van der Waals surface area contributed by atoms with E-state index in [1.165, 1.54) is 0 Å². The van der Waals surface area contributed by atoms with Crippen LogP contribution in [-0.2, 0) is 11.2 Å². The van der Waals surface area contributed by atoms with E-state index in [2.05, 4.69) is 15.3 Å². The second-order valence-corrected chi connectivity index (χ2v) is 6.69. The molecule has 0 N–H and O–H groups in total. The van der Waals surface area contributed by atoms with Gasteiger partial charge in [-0.2, -0.15) is 4.98 Å². The fourth-order valence-corrected chi connectivity index (χ4v) is 3.19. The van der Waals surface area contributed by atoms with Crippen LogP contribution in [0.4, 0.5) is 0 Å². The largest absolute Gasteiger partial charge is 0.361 e. The lowest BCUT2D eigenvalue weighted by Gasteiger charge is -2.22. The minimum absolute atomic E-state index is 0.0709. The van der Waals surface area contributed by atoms with Gasteiger partial charge in [-0.15, -0.1) is 0 Å². The zero-order valence-corrected chi connectivity index (χ0v) is 14.7. The number of hydrogen-bond acceptors (Lipinski definition) is 6. The van der Waals surface area contributed by atoms with Crippen molar-refractivity contribution in [2.45, 2.75) is 65.3 Å². The van der Waals surface area contributed by atoms with E-state index in [1.54, 1.807) is 0 Å². The third-order valence-electron chi connectivity index (χ3n) is 4.59. The second kappa shape index (κ2) is 6.75. The Labute approximate surface area is 141 Å². The molecule has 1 atom stereocenters. The third-order valence-corrected chi connectivity index (χ3v) is 4.59. The zero-order valence-electron chi connectivity index (χ0n) is 14.7. The molecule has 3 rings (SSSR count). The minimum Gasteiger partial charge on any atom is -0.361 e. The van der Waals surface area contributed by atoms with Crippen LogP contribution in [0.5, 0.6) is 0 Å². The number of likely N-dealkylation sites (tertiary alicyclic amines) is 1. The van der Waals surface area contributed by atoms with Gasteiger partial charge in [-0.05, 0) is 33.1 Å². The first kappa shape index (κ1) is 16.7. The van der Waals surface area contributed by atoms with Gasteiger partial charge in [-0.3, -0.25) is 4.79 Å². The summed E-state index contributed by atoms with van der Waals surface area (Å²) in [5.41, 5.74) is 1.89. The summed E-state index contributed by atoms with van der Waals surface area (Å²) >= 11 is 0. The summed E-state index contributed by atoms with van der Waals surface area (Å²) in [5.74, 6) is 2.35. The average molecular weight is 332 g/mol. The van der Waals surface area contributed by atoms with E-state index in [9.17, 15) is 4.79 Å². The standard InChI is InChI=1S/C17H24N4O3/c1-10(2)17-18-16(20-24-17)14-6-5-9-21(14)15(22)8-7-13-11(3)19-23-12(13)4/h10,14H,5-9H2,1-4H3. The first-order valence-electron chi connectivity index (χ1n) is 8.52. The molecule has 0 saturated carbocycles. The van der Waals surface area contributed by atoms with Crippen LogP contribution in [0.1, 0.15) is 73.8 Å². The van der Waals surface area contributed by atoms with Crippen molar-refractivity contribution in [3.63, 3.8) is 0 Å². The van der Waals surface area contributed by atoms with Gasteiger partial charge in [0.05, 0.1) is 11.7 Å². The molecule has 1 unspecified atom stereocenters. The molecule has 3 heterocycles. The van der Waals surface area contributed by atoms with E-state index in [0.717, 1.165) is 36.4 Å². The summed E-state index contributed by atoms with van der Waals surface area (Å²) in [4.78, 5) is 19.0. The number of nitrogens with zero attached hydrogens (tertiary/aromatic N) is 4. The van der Waals surface area contributed by atoms with Crippen LogP contribution in [0.25, 0.3) is 0 Å². The Balaban J connectivity index is 1.67. The predicted octanol–water partition coefficient (Wildman–Crippen LogP) is 3.09. The van der Waals surface area contributed by atoms with Crippen LogP contribution in [-0.4, -0.2) is 32.6 Å². The highest BCUT2D eigenvalue weighted by atomic mass is 16.5. The van der Waals surface area contributed by atoms with Gasteiger partial charge in [-0.25, -0.2) is 0 Å². The van der Waals surface area contributed by atoms with Gasteiger partial charge in [0.2, 0.25) is 11.8 Å². The molecule has 0 radical (unpaired) electrons. The molecule has 1 aliphatic heterocycles. The van der Waals surface area contributed by atoms with Gasteiger partial charge in [0.25, 0.3) is 0 Å². The van der Waals surface area contributed by atoms with E-state index >= 15 is 0 Å². The van der Waals surface area contributed by atoms with Gasteiger partial charge in [-0.1, -0.05) is 24.2 Å². The fraction of sp³-hybridized carbons (Fsp3) is 0.647. The molecular formula is C17H24N4O3. The molecule has 1 saturated heterocycles. The highest BCUT2D eigenvalue weighted by molar-refractivity contribution is 5.77. The average Bonchev–Trinajstić information content (AvgIpc) is 3.25. The van der Waals surface area contributed by atoms with Crippen molar-refractivity contribution in [1.82, 2.24) is 20.2 Å². The summed E-state index contributed by atoms with van der Waals surface area (Å²) in [7, 11) is 0. The zero-order chi connectivity index (χ0) is 17.3. The smallest absolute Gasteiger partial charge is 0.229 e. The monoisotopic (exact) mass is 332 g/mol. The maximum absolute atomic E-state index is 12.7. The van der Waals surface area contributed by atoms with Crippen molar-refractivity contribution < 1.29 is 13.8 Å². The number of rotatable bonds is 5. The molecule has 0 aromatic carbocycles. The number of amides is 1. The second-order valence-electron chi connectivity index (χ2n) is 6.69. The number of hydrogen-bond donors (Lipinski definition) is 0. The molecule has 2 aromatic rings. The lowest BCUT2D eigenvalue weighted by Crippen LogP contribution is -2.31. The van der Waals surface area contributed by atoms with E-state index in [4.69, 9.17) is 9.05 Å². The van der Waals surface area contributed by atoms with E-state index in [1.807, 2.05) is 32.6 Å². The fourth-order valence-electron chi connectivity index (χ4n) is 3.19. The first-order valence-corrected chi connectivity index (χ1v) is 8.52. The van der Waals surface area contributed by atoms with E-state index < -0.39 is 0 Å². The molecule has 7 heteroatoms. The number of carbonyl (C=O) groups is 1. The Morgan fingerprint density at radius 1 is 1.29 bits per heavy atom. The van der Waals surface area contributed by atoms with Crippen molar-refractivity contribution >= 4 is 5.91 Å². The first-order chi connectivity index (χ1) is 11.5. The molecule has 7 nitrogen and oxygen atoms in total. The molecule has 24 heavy (non-hydrogen) atoms. The Morgan fingerprint density at radius 2 is 2.08 bits per heavy atom. The minimum atomic E-state index is -0.0709. The van der Waals surface area contributed by atoms with Crippen LogP contribution in [0, 0.1) is 13.8 Å². The summed E-state index contributed by atoms with van der Waals surface area (Å²) in [6.07, 6.45) is 2.93. The lowest BCUT2D eigenvalue weighted by atomic mass is 10.1. The Hall–Kier alpha value is -2.18. The molecule has 0 bridgehead atoms. The van der Waals surface area contributed by atoms with Crippen molar-refractivity contribution in [3.8, 4) is 0 Å². The molecule has 130 valence electrons. The Kier molecular flexibility index (Phi) is 4.69. The van der Waals surface area contributed by atoms with Crippen LogP contribution in [0.2, 0.25) is 0 Å². The topological polar surface area (TPSA) is 85.3 Å². The molecule has 1 aliphatic rings. The van der Waals surface area contributed by atoms with Gasteiger partial charge in [0, 0.05) is 24.4 Å². The molecule has 2 aromatic heterocycles. The van der Waals surface area contributed by atoms with Crippen LogP contribution in [0.3, 0.4) is 0 Å². The highest BCUT2D eigenvalue weighted by Crippen LogP contribution is 2.31. The normalized spacial score (nSPS) is 17.9. The summed E-state index contributed by atoms with van der Waals surface area (Å²) < 4.78 is 10.5. The van der Waals surface area contributed by atoms with Gasteiger partial charge < -0.3 is 13.9 Å². The third kappa shape index (κ3) is 3.20. The predicted molar refractivity (Wildman–Crippen MR) is 86.4 cm³/mol. The van der Waals surface area contributed by atoms with Crippen molar-refractivity contribution in [2.75, 3.05) is 6.54 Å². The lowest BCUT2D eigenvalue weighted by molar-refractivity contribution is -0.132. The number of carbonyl (C=O) groups excluding carboxylic acids is 1. The maximum atomic E-state index is 12.7. The van der Waals surface area contributed by atoms with Crippen LogP contribution in [0.15, 0.2) is 9.05 Å². The van der Waals surface area contributed by atoms with Gasteiger partial charge >= 0.3 is 0 Å². The SMILES string of the molecule is Cc1noc(C)c1CCC(=O)N1CCCC1c1noc(C(C)C)n1. The summed E-state index contributed by atoms with van der Waals surface area (Å²) in [6.45, 7) is 8.56. The summed E-state index contributed by atoms with van der Waals surface area (Å²) in [6, 6.07) is -0.0709. The molecule has 1 fully saturated rings. The van der Waals surface area contributed by atoms with Gasteiger partial charge in [0.15, 0.2) is 5.82 Å². The number of aromatic nitrogens is 3. The van der Waals surface area contributed by atoms with Crippen molar-refractivity contribution in [3.05, 3.63) is 28.7 Å². The van der Waals surface area contributed by atoms with Crippen LogP contribution < -0.4 is 0 Å². The van der Waals surface area contributed by atoms with E-state index in [-0.39, 0.29) is 17.9 Å². The molecule has 1 amide bonds.